The molecule has 6 nitrogen and oxygen atoms in total. The molecule has 7 heteroatoms. The standard InChI is InChI=1S/C38H45N3O3S/c1-40(27-22-30-20-23-38(24-21-30,41-25-10-11-26-41)34-16-6-3-7-17-34)37(42)29-36(32-13-4-2-5-14-32)39-45(43,44)35-19-18-31-12-8-9-15-33(31)28-35/h2-9,12-19,28,30,36,39H,10-11,20-27,29H2,1H3. The maximum atomic E-state index is 13.6. The van der Waals surface area contributed by atoms with Crippen LogP contribution in [0.4, 0.5) is 0 Å². The van der Waals surface area contributed by atoms with Gasteiger partial charge in [0.25, 0.3) is 0 Å². The lowest BCUT2D eigenvalue weighted by Gasteiger charge is -2.47. The molecule has 0 aromatic heterocycles. The average molecular weight is 624 g/mol. The van der Waals surface area contributed by atoms with Gasteiger partial charge in [-0.1, -0.05) is 91.0 Å². The Morgan fingerprint density at radius 3 is 2.18 bits per heavy atom. The molecule has 0 spiro atoms. The lowest BCUT2D eigenvalue weighted by Crippen LogP contribution is -2.47. The molecule has 1 heterocycles. The first-order chi connectivity index (χ1) is 21.8. The molecule has 4 aromatic carbocycles. The van der Waals surface area contributed by atoms with Crippen molar-refractivity contribution in [3.63, 3.8) is 0 Å². The van der Waals surface area contributed by atoms with Crippen LogP contribution in [-0.2, 0) is 20.4 Å². The van der Waals surface area contributed by atoms with E-state index in [1.807, 2.05) is 67.7 Å². The Bertz CT molecular complexity index is 1680. The van der Waals surface area contributed by atoms with Gasteiger partial charge in [-0.3, -0.25) is 9.69 Å². The molecule has 0 radical (unpaired) electrons. The number of carbonyl (C=O) groups is 1. The minimum Gasteiger partial charge on any atom is -0.346 e. The van der Waals surface area contributed by atoms with Gasteiger partial charge in [0.15, 0.2) is 0 Å². The van der Waals surface area contributed by atoms with Crippen molar-refractivity contribution >= 4 is 26.7 Å². The van der Waals surface area contributed by atoms with Gasteiger partial charge in [0.1, 0.15) is 0 Å². The molecule has 2 fully saturated rings. The molecule has 1 aliphatic heterocycles. The number of amides is 1. The third-order valence-corrected chi connectivity index (χ3v) is 11.6. The Labute approximate surface area is 268 Å². The zero-order valence-corrected chi connectivity index (χ0v) is 27.1. The number of rotatable bonds is 11. The summed E-state index contributed by atoms with van der Waals surface area (Å²) < 4.78 is 30.0. The first-order valence-electron chi connectivity index (χ1n) is 16.4. The zero-order valence-electron chi connectivity index (χ0n) is 26.3. The van der Waals surface area contributed by atoms with E-state index in [9.17, 15) is 13.2 Å². The summed E-state index contributed by atoms with van der Waals surface area (Å²) in [5.74, 6) is 0.521. The first kappa shape index (κ1) is 31.5. The Morgan fingerprint density at radius 2 is 1.49 bits per heavy atom. The Morgan fingerprint density at radius 1 is 0.867 bits per heavy atom. The van der Waals surface area contributed by atoms with E-state index in [1.165, 1.54) is 31.5 Å². The molecule has 236 valence electrons. The van der Waals surface area contributed by atoms with Crippen molar-refractivity contribution < 1.29 is 13.2 Å². The number of hydrogen-bond acceptors (Lipinski definition) is 4. The second kappa shape index (κ2) is 13.9. The minimum absolute atomic E-state index is 0.0587. The van der Waals surface area contributed by atoms with Crippen molar-refractivity contribution in [3.05, 3.63) is 114 Å². The van der Waals surface area contributed by atoms with Crippen molar-refractivity contribution in [3.8, 4) is 0 Å². The number of sulfonamides is 1. The van der Waals surface area contributed by atoms with Crippen molar-refractivity contribution in [1.82, 2.24) is 14.5 Å². The Kier molecular flexibility index (Phi) is 9.69. The highest BCUT2D eigenvalue weighted by Gasteiger charge is 2.42. The molecule has 45 heavy (non-hydrogen) atoms. The monoisotopic (exact) mass is 623 g/mol. The van der Waals surface area contributed by atoms with Crippen molar-refractivity contribution in [2.45, 2.75) is 67.8 Å². The summed E-state index contributed by atoms with van der Waals surface area (Å²) in [6.07, 6.45) is 8.23. The summed E-state index contributed by atoms with van der Waals surface area (Å²) >= 11 is 0. The second-order valence-corrected chi connectivity index (χ2v) is 14.7. The molecule has 1 N–H and O–H groups in total. The number of nitrogens with zero attached hydrogens (tertiary/aromatic N) is 2. The van der Waals surface area contributed by atoms with Gasteiger partial charge in [-0.15, -0.1) is 0 Å². The normalized spacial score (nSPS) is 21.5. The number of benzene rings is 4. The Hall–Kier alpha value is -3.52. The summed E-state index contributed by atoms with van der Waals surface area (Å²) in [6, 6.07) is 32.6. The van der Waals surface area contributed by atoms with Gasteiger partial charge in [-0.2, -0.15) is 0 Å². The van der Waals surface area contributed by atoms with Crippen LogP contribution < -0.4 is 4.72 Å². The highest BCUT2D eigenvalue weighted by atomic mass is 32.2. The lowest BCUT2D eigenvalue weighted by molar-refractivity contribution is -0.130. The third kappa shape index (κ3) is 7.16. The second-order valence-electron chi connectivity index (χ2n) is 12.9. The number of carbonyl (C=O) groups excluding carboxylic acids is 1. The van der Waals surface area contributed by atoms with Crippen LogP contribution in [0.3, 0.4) is 0 Å². The van der Waals surface area contributed by atoms with Crippen molar-refractivity contribution in [2.75, 3.05) is 26.7 Å². The summed E-state index contributed by atoms with van der Waals surface area (Å²) in [7, 11) is -2.02. The van der Waals surface area contributed by atoms with Crippen LogP contribution in [0.5, 0.6) is 0 Å². The molecule has 1 saturated carbocycles. The first-order valence-corrected chi connectivity index (χ1v) is 17.9. The van der Waals surface area contributed by atoms with Crippen LogP contribution in [0, 0.1) is 5.92 Å². The molecule has 4 aromatic rings. The fraction of sp³-hybridized carbons (Fsp3) is 0.395. The van der Waals surface area contributed by atoms with E-state index in [4.69, 9.17) is 0 Å². The maximum absolute atomic E-state index is 13.6. The molecule has 2 aliphatic rings. The molecule has 1 unspecified atom stereocenters. The molecule has 1 saturated heterocycles. The number of fused-ring (bicyclic) bond motifs is 1. The molecule has 1 amide bonds. The van der Waals surface area contributed by atoms with Gasteiger partial charge in [-0.25, -0.2) is 13.1 Å². The fourth-order valence-electron chi connectivity index (χ4n) is 7.46. The summed E-state index contributed by atoms with van der Waals surface area (Å²) in [5.41, 5.74) is 2.37. The minimum atomic E-state index is -3.87. The van der Waals surface area contributed by atoms with Gasteiger partial charge >= 0.3 is 0 Å². The quantitative estimate of drug-likeness (QED) is 0.191. The number of likely N-dealkylation sites (tertiary alicyclic amines) is 1. The van der Waals surface area contributed by atoms with E-state index in [-0.39, 0.29) is 22.8 Å². The third-order valence-electron chi connectivity index (χ3n) is 10.2. The summed E-state index contributed by atoms with van der Waals surface area (Å²) in [5, 5.41) is 1.84. The smallest absolute Gasteiger partial charge is 0.241 e. The highest BCUT2D eigenvalue weighted by molar-refractivity contribution is 7.89. The summed E-state index contributed by atoms with van der Waals surface area (Å²) in [4.78, 5) is 18.3. The van der Waals surface area contributed by atoms with Gasteiger partial charge in [-0.05, 0) is 98.0 Å². The lowest BCUT2D eigenvalue weighted by atomic mass is 9.71. The van der Waals surface area contributed by atoms with Gasteiger partial charge < -0.3 is 4.90 Å². The van der Waals surface area contributed by atoms with Crippen molar-refractivity contribution in [1.29, 1.82) is 0 Å². The predicted molar refractivity (Wildman–Crippen MR) is 181 cm³/mol. The van der Waals surface area contributed by atoms with E-state index in [1.54, 1.807) is 17.0 Å². The van der Waals surface area contributed by atoms with E-state index in [0.717, 1.165) is 48.4 Å². The number of hydrogen-bond donors (Lipinski definition) is 1. The van der Waals surface area contributed by atoms with Crippen LogP contribution in [0.15, 0.2) is 108 Å². The van der Waals surface area contributed by atoms with Gasteiger partial charge in [0.05, 0.1) is 10.9 Å². The molecule has 1 aliphatic carbocycles. The molecular formula is C38H45N3O3S. The SMILES string of the molecule is CN(CCC1CCC(c2ccccc2)(N2CCCC2)CC1)C(=O)CC(NS(=O)(=O)c1ccc2ccccc2c1)c1ccccc1. The van der Waals surface area contributed by atoms with Crippen LogP contribution in [0.25, 0.3) is 10.8 Å². The molecule has 0 bridgehead atoms. The van der Waals surface area contributed by atoms with Crippen LogP contribution in [0.1, 0.15) is 68.5 Å². The van der Waals surface area contributed by atoms with E-state index < -0.39 is 16.1 Å². The highest BCUT2D eigenvalue weighted by Crippen LogP contribution is 2.46. The van der Waals surface area contributed by atoms with Crippen LogP contribution in [0.2, 0.25) is 0 Å². The van der Waals surface area contributed by atoms with E-state index >= 15 is 0 Å². The largest absolute Gasteiger partial charge is 0.346 e. The fourth-order valence-corrected chi connectivity index (χ4v) is 8.72. The Balaban J connectivity index is 1.09. The average Bonchev–Trinajstić information content (AvgIpc) is 3.63. The van der Waals surface area contributed by atoms with Crippen LogP contribution >= 0.6 is 0 Å². The van der Waals surface area contributed by atoms with E-state index in [2.05, 4.69) is 40.0 Å². The molecule has 6 rings (SSSR count). The van der Waals surface area contributed by atoms with E-state index in [0.29, 0.717) is 12.5 Å². The maximum Gasteiger partial charge on any atom is 0.241 e. The molecular weight excluding hydrogens is 579 g/mol. The van der Waals surface area contributed by atoms with Crippen LogP contribution in [-0.4, -0.2) is 50.8 Å². The predicted octanol–water partition coefficient (Wildman–Crippen LogP) is 7.28. The van der Waals surface area contributed by atoms with Gasteiger partial charge in [0.2, 0.25) is 15.9 Å². The van der Waals surface area contributed by atoms with Crippen molar-refractivity contribution in [2.24, 2.45) is 5.92 Å². The van der Waals surface area contributed by atoms with Gasteiger partial charge in [0, 0.05) is 25.6 Å². The number of nitrogens with one attached hydrogen (secondary N) is 1. The summed E-state index contributed by atoms with van der Waals surface area (Å²) in [6.45, 7) is 3.04. The zero-order chi connectivity index (χ0) is 31.3. The molecule has 1 atom stereocenters. The topological polar surface area (TPSA) is 69.7 Å².